The summed E-state index contributed by atoms with van der Waals surface area (Å²) in [5.74, 6) is 0.372. The van der Waals surface area contributed by atoms with Gasteiger partial charge in [-0.2, -0.15) is 0 Å². The van der Waals surface area contributed by atoms with Crippen LogP contribution in [-0.2, 0) is 26.3 Å². The molecule has 8 nitrogen and oxygen atoms in total. The van der Waals surface area contributed by atoms with E-state index in [1.54, 1.807) is 18.2 Å². The number of aliphatic hydroxyl groups excluding tert-OH is 1. The van der Waals surface area contributed by atoms with Crippen molar-refractivity contribution in [3.63, 3.8) is 0 Å². The Balaban J connectivity index is 1.36. The molecule has 6 rings (SSSR count). The van der Waals surface area contributed by atoms with Crippen molar-refractivity contribution in [2.75, 3.05) is 31.2 Å². The fourth-order valence-electron chi connectivity index (χ4n) is 7.59. The maximum atomic E-state index is 13.8. The molecule has 2 heterocycles. The first-order valence-electron chi connectivity index (χ1n) is 17.4. The SMILES string of the molecule is CC(C)(C)[Si](C)(C)OC[C@H]1CC/C=C\[C@H](O)[C@@H]2CC[C@H]2CN2C[C@@]3(CCCc4cc(Cl)ccc43)COc3ccc(cc32)C(=O)NS1(=O)=O. The Morgan fingerprint density at radius 3 is 2.67 bits per heavy atom. The molecule has 2 aliphatic heterocycles. The second-order valence-corrected chi connectivity index (χ2v) is 23.2. The van der Waals surface area contributed by atoms with Crippen LogP contribution in [0.1, 0.15) is 80.8 Å². The number of halogens is 1. The summed E-state index contributed by atoms with van der Waals surface area (Å²) >= 11 is 6.42. The van der Waals surface area contributed by atoms with E-state index in [1.807, 2.05) is 18.2 Å². The number of sulfonamides is 1. The number of nitrogens with zero attached hydrogens (tertiary/aromatic N) is 1. The second-order valence-electron chi connectivity index (χ2n) is 16.0. The number of carbonyl (C=O) groups is 1. The summed E-state index contributed by atoms with van der Waals surface area (Å²) in [6.45, 7) is 12.4. The Kier molecular flexibility index (Phi) is 9.89. The van der Waals surface area contributed by atoms with Crippen molar-refractivity contribution < 1.29 is 27.5 Å². The molecule has 1 spiro atoms. The van der Waals surface area contributed by atoms with E-state index in [0.717, 1.165) is 42.8 Å². The molecule has 1 amide bonds. The summed E-state index contributed by atoms with van der Waals surface area (Å²) < 4.78 is 43.0. The number of aliphatic hydroxyl groups is 1. The van der Waals surface area contributed by atoms with Gasteiger partial charge in [0.05, 0.1) is 25.0 Å². The van der Waals surface area contributed by atoms with Gasteiger partial charge in [0.2, 0.25) is 10.0 Å². The molecule has 1 fully saturated rings. The van der Waals surface area contributed by atoms with Crippen molar-refractivity contribution in [1.29, 1.82) is 0 Å². The number of fused-ring (bicyclic) bond motifs is 4. The van der Waals surface area contributed by atoms with Crippen molar-refractivity contribution in [2.45, 2.75) is 101 Å². The second kappa shape index (κ2) is 13.4. The lowest BCUT2D eigenvalue weighted by Crippen LogP contribution is -2.49. The third kappa shape index (κ3) is 7.11. The van der Waals surface area contributed by atoms with Crippen LogP contribution in [0, 0.1) is 11.8 Å². The lowest BCUT2D eigenvalue weighted by Gasteiger charge is -2.45. The van der Waals surface area contributed by atoms with E-state index >= 15 is 0 Å². The number of ether oxygens (including phenoxy) is 1. The Hall–Kier alpha value is -2.37. The predicted octanol–water partition coefficient (Wildman–Crippen LogP) is 7.00. The summed E-state index contributed by atoms with van der Waals surface area (Å²) in [4.78, 5) is 16.0. The van der Waals surface area contributed by atoms with Crippen LogP contribution < -0.4 is 14.4 Å². The Labute approximate surface area is 292 Å². The van der Waals surface area contributed by atoms with E-state index in [0.29, 0.717) is 31.9 Å². The van der Waals surface area contributed by atoms with Crippen molar-refractivity contribution >= 4 is 41.5 Å². The highest BCUT2D eigenvalue weighted by Crippen LogP contribution is 2.47. The molecule has 2 aromatic carbocycles. The lowest BCUT2D eigenvalue weighted by molar-refractivity contribution is 0.0456. The van der Waals surface area contributed by atoms with Gasteiger partial charge in [-0.25, -0.2) is 13.1 Å². The van der Waals surface area contributed by atoms with Crippen molar-refractivity contribution in [1.82, 2.24) is 4.72 Å². The fraction of sp³-hybridized carbons (Fsp3) is 0.595. The Morgan fingerprint density at radius 2 is 1.94 bits per heavy atom. The topological polar surface area (TPSA) is 105 Å². The summed E-state index contributed by atoms with van der Waals surface area (Å²) in [6.07, 6.45) is 8.70. The quantitative estimate of drug-likeness (QED) is 0.261. The first-order valence-corrected chi connectivity index (χ1v) is 22.3. The van der Waals surface area contributed by atoms with Crippen molar-refractivity contribution in [3.8, 4) is 5.75 Å². The van der Waals surface area contributed by atoms with Gasteiger partial charge >= 0.3 is 0 Å². The van der Waals surface area contributed by atoms with Crippen molar-refractivity contribution in [3.05, 3.63) is 70.3 Å². The number of aryl methyl sites for hydroxylation is 1. The standard InChI is InChI=1S/C37H51ClN2O6SSi/c1-36(2,3)48(4,5)46-22-29-10-6-7-11-33(41)30-15-12-27(30)21-40-23-37(18-8-9-25-19-28(38)14-16-31(25)37)24-45-34-17-13-26(20-32(34)40)35(42)39-47(29,43)44/h7,11,13-14,16-17,19-20,27,29-30,33,41H,6,8-10,12,15,18,21-24H2,1-5H3,(H,39,42)/b11-7-/t27-,29+,30+,33-,37-/m0/s1. The molecule has 11 heteroatoms. The number of amides is 1. The largest absolute Gasteiger partial charge is 0.490 e. The van der Waals surface area contributed by atoms with Gasteiger partial charge < -0.3 is 19.2 Å². The van der Waals surface area contributed by atoms with Gasteiger partial charge in [-0.15, -0.1) is 0 Å². The molecule has 0 unspecified atom stereocenters. The van der Waals surface area contributed by atoms with E-state index in [4.69, 9.17) is 20.8 Å². The van der Waals surface area contributed by atoms with E-state index in [-0.39, 0.29) is 40.9 Å². The third-order valence-electron chi connectivity index (χ3n) is 11.8. The normalized spacial score (nSPS) is 29.8. The summed E-state index contributed by atoms with van der Waals surface area (Å²) in [7, 11) is -6.35. The number of rotatable bonds is 3. The van der Waals surface area contributed by atoms with Crippen LogP contribution in [0.4, 0.5) is 5.69 Å². The molecule has 2 aromatic rings. The molecule has 1 saturated carbocycles. The number of allylic oxidation sites excluding steroid dienone is 1. The number of benzene rings is 2. The number of nitrogens with one attached hydrogen (secondary N) is 1. The Bertz CT molecular complexity index is 1670. The molecular formula is C37H51ClN2O6SSi. The van der Waals surface area contributed by atoms with E-state index < -0.39 is 35.6 Å². The van der Waals surface area contributed by atoms with E-state index in [9.17, 15) is 18.3 Å². The fourth-order valence-corrected chi connectivity index (χ4v) is 10.2. The zero-order chi connectivity index (χ0) is 34.5. The molecule has 2 aliphatic carbocycles. The van der Waals surface area contributed by atoms with E-state index in [1.165, 1.54) is 11.1 Å². The van der Waals surface area contributed by atoms with E-state index in [2.05, 4.69) is 55.6 Å². The van der Waals surface area contributed by atoms with Crippen LogP contribution >= 0.6 is 11.6 Å². The van der Waals surface area contributed by atoms with Crippen LogP contribution in [0.5, 0.6) is 5.75 Å². The highest BCUT2D eigenvalue weighted by molar-refractivity contribution is 7.90. The third-order valence-corrected chi connectivity index (χ3v) is 18.2. The predicted molar refractivity (Wildman–Crippen MR) is 194 cm³/mol. The van der Waals surface area contributed by atoms with Crippen LogP contribution in [0.15, 0.2) is 48.6 Å². The summed E-state index contributed by atoms with van der Waals surface area (Å²) in [5.41, 5.74) is 3.26. The first-order chi connectivity index (χ1) is 22.6. The summed E-state index contributed by atoms with van der Waals surface area (Å²) in [5, 5.41) is 11.0. The zero-order valence-corrected chi connectivity index (χ0v) is 31.5. The average molecular weight is 715 g/mol. The highest BCUT2D eigenvalue weighted by Gasteiger charge is 2.45. The molecule has 2 bridgehead atoms. The van der Waals surface area contributed by atoms with Gasteiger partial charge in [0.1, 0.15) is 11.0 Å². The lowest BCUT2D eigenvalue weighted by atomic mass is 9.68. The monoisotopic (exact) mass is 714 g/mol. The van der Waals surface area contributed by atoms with Gasteiger partial charge in [0, 0.05) is 29.1 Å². The van der Waals surface area contributed by atoms with Gasteiger partial charge in [0.25, 0.3) is 5.91 Å². The van der Waals surface area contributed by atoms with Gasteiger partial charge in [-0.3, -0.25) is 4.79 Å². The number of carbonyl (C=O) groups excluding carboxylic acids is 1. The maximum Gasteiger partial charge on any atom is 0.264 e. The highest BCUT2D eigenvalue weighted by atomic mass is 35.5. The molecule has 48 heavy (non-hydrogen) atoms. The molecular weight excluding hydrogens is 664 g/mol. The minimum absolute atomic E-state index is 0.000767. The minimum atomic E-state index is -4.09. The van der Waals surface area contributed by atoms with Gasteiger partial charge in [-0.05, 0) is 116 Å². The molecule has 4 aliphatic rings. The van der Waals surface area contributed by atoms with Crippen LogP contribution in [0.2, 0.25) is 23.2 Å². The van der Waals surface area contributed by atoms with Crippen molar-refractivity contribution in [2.24, 2.45) is 11.8 Å². The molecule has 2 N–H and O–H groups in total. The Morgan fingerprint density at radius 1 is 1.15 bits per heavy atom. The maximum absolute atomic E-state index is 13.8. The average Bonchev–Trinajstić information content (AvgIpc) is 3.14. The number of hydrogen-bond donors (Lipinski definition) is 2. The first kappa shape index (κ1) is 35.5. The summed E-state index contributed by atoms with van der Waals surface area (Å²) in [6, 6.07) is 11.4. The van der Waals surface area contributed by atoms with Crippen LogP contribution in [0.25, 0.3) is 0 Å². The van der Waals surface area contributed by atoms with Gasteiger partial charge in [-0.1, -0.05) is 50.6 Å². The molecule has 0 saturated heterocycles. The van der Waals surface area contributed by atoms with Crippen LogP contribution in [-0.4, -0.2) is 65.4 Å². The molecule has 262 valence electrons. The molecule has 5 atom stereocenters. The zero-order valence-electron chi connectivity index (χ0n) is 28.9. The molecule has 0 aromatic heterocycles. The van der Waals surface area contributed by atoms with Gasteiger partial charge in [0.15, 0.2) is 8.32 Å². The smallest absolute Gasteiger partial charge is 0.264 e. The molecule has 0 radical (unpaired) electrons. The minimum Gasteiger partial charge on any atom is -0.490 e. The number of anilines is 1. The van der Waals surface area contributed by atoms with Crippen LogP contribution in [0.3, 0.4) is 0 Å². The number of hydrogen-bond acceptors (Lipinski definition) is 7.